The first-order valence-electron chi connectivity index (χ1n) is 5.56. The first kappa shape index (κ1) is 13.6. The number of benzene rings is 1. The van der Waals surface area contributed by atoms with Gasteiger partial charge in [-0.05, 0) is 24.3 Å². The lowest BCUT2D eigenvalue weighted by Gasteiger charge is -2.06. The minimum absolute atomic E-state index is 0.0890. The third-order valence-electron chi connectivity index (χ3n) is 2.48. The molecule has 0 bridgehead atoms. The highest BCUT2D eigenvalue weighted by molar-refractivity contribution is 7.89. The molecule has 0 aliphatic heterocycles. The Balaban J connectivity index is 2.09. The van der Waals surface area contributed by atoms with Gasteiger partial charge in [-0.2, -0.15) is 0 Å². The second-order valence-electron chi connectivity index (χ2n) is 3.86. The largest absolute Gasteiger partial charge is 0.497 e. The van der Waals surface area contributed by atoms with Gasteiger partial charge < -0.3 is 9.15 Å². The number of rotatable bonds is 5. The van der Waals surface area contributed by atoms with Crippen molar-refractivity contribution < 1.29 is 17.6 Å². The maximum atomic E-state index is 12.0. The summed E-state index contributed by atoms with van der Waals surface area (Å²) in [4.78, 5) is 4.20. The normalized spacial score (nSPS) is 11.5. The fraction of sp³-hybridized carbons (Fsp3) is 0.250. The summed E-state index contributed by atoms with van der Waals surface area (Å²) in [6, 6.07) is 6.15. The molecule has 1 aromatic carbocycles. The van der Waals surface area contributed by atoms with Crippen molar-refractivity contribution in [3.8, 4) is 5.75 Å². The number of ether oxygens (including phenoxy) is 1. The smallest absolute Gasteiger partial charge is 0.240 e. The minimum Gasteiger partial charge on any atom is -0.497 e. The standard InChI is InChI=1S/C12H14N2O4S/c1-9-14-10(8-18-9)7-13-19(15,16)12-5-3-11(17-2)4-6-12/h3-6,8,13H,7H2,1-2H3. The molecule has 0 fully saturated rings. The molecule has 0 saturated carbocycles. The summed E-state index contributed by atoms with van der Waals surface area (Å²) in [5.74, 6) is 1.10. The molecule has 6 nitrogen and oxygen atoms in total. The number of nitrogens with zero attached hydrogens (tertiary/aromatic N) is 1. The second kappa shape index (κ2) is 5.41. The van der Waals surface area contributed by atoms with Crippen LogP contribution >= 0.6 is 0 Å². The summed E-state index contributed by atoms with van der Waals surface area (Å²) < 4.78 is 36.4. The molecule has 0 aliphatic carbocycles. The van der Waals surface area contributed by atoms with Crippen molar-refractivity contribution in [2.24, 2.45) is 0 Å². The molecule has 1 heterocycles. The molecule has 7 heteroatoms. The summed E-state index contributed by atoms with van der Waals surface area (Å²) in [6.07, 6.45) is 1.42. The maximum Gasteiger partial charge on any atom is 0.240 e. The van der Waals surface area contributed by atoms with Crippen molar-refractivity contribution in [1.82, 2.24) is 9.71 Å². The number of hydrogen-bond donors (Lipinski definition) is 1. The predicted molar refractivity (Wildman–Crippen MR) is 68.3 cm³/mol. The molecule has 0 unspecified atom stereocenters. The Bertz CT molecular complexity index is 647. The molecular formula is C12H14N2O4S. The number of nitrogens with one attached hydrogen (secondary N) is 1. The van der Waals surface area contributed by atoms with E-state index in [0.717, 1.165) is 0 Å². The number of methoxy groups -OCH3 is 1. The lowest BCUT2D eigenvalue weighted by Crippen LogP contribution is -2.23. The van der Waals surface area contributed by atoms with E-state index in [1.807, 2.05) is 0 Å². The van der Waals surface area contributed by atoms with Gasteiger partial charge in [0.1, 0.15) is 12.0 Å². The Hall–Kier alpha value is -1.86. The molecule has 2 rings (SSSR count). The number of oxazole rings is 1. The molecule has 0 spiro atoms. The van der Waals surface area contributed by atoms with E-state index in [1.165, 1.54) is 25.5 Å². The average molecular weight is 282 g/mol. The van der Waals surface area contributed by atoms with Crippen molar-refractivity contribution in [1.29, 1.82) is 0 Å². The van der Waals surface area contributed by atoms with E-state index in [1.54, 1.807) is 19.1 Å². The van der Waals surface area contributed by atoms with Crippen molar-refractivity contribution in [3.05, 3.63) is 42.1 Å². The Kier molecular flexibility index (Phi) is 3.87. The first-order valence-corrected chi connectivity index (χ1v) is 7.04. The monoisotopic (exact) mass is 282 g/mol. The van der Waals surface area contributed by atoms with E-state index in [-0.39, 0.29) is 11.4 Å². The van der Waals surface area contributed by atoms with E-state index in [0.29, 0.717) is 17.3 Å². The van der Waals surface area contributed by atoms with E-state index in [2.05, 4.69) is 9.71 Å². The lowest BCUT2D eigenvalue weighted by atomic mass is 10.3. The first-order chi connectivity index (χ1) is 9.01. The molecule has 0 atom stereocenters. The zero-order valence-corrected chi connectivity index (χ0v) is 11.4. The van der Waals surface area contributed by atoms with E-state index in [4.69, 9.17) is 9.15 Å². The van der Waals surface area contributed by atoms with E-state index in [9.17, 15) is 8.42 Å². The van der Waals surface area contributed by atoms with Crippen LogP contribution in [0.2, 0.25) is 0 Å². The summed E-state index contributed by atoms with van der Waals surface area (Å²) in [6.45, 7) is 1.78. The highest BCUT2D eigenvalue weighted by atomic mass is 32.2. The molecular weight excluding hydrogens is 268 g/mol. The Morgan fingerprint density at radius 2 is 2.00 bits per heavy atom. The van der Waals surface area contributed by atoms with Gasteiger partial charge in [0.25, 0.3) is 0 Å². The van der Waals surface area contributed by atoms with Gasteiger partial charge in [0.2, 0.25) is 10.0 Å². The summed E-state index contributed by atoms with van der Waals surface area (Å²) in [7, 11) is -2.04. The summed E-state index contributed by atoms with van der Waals surface area (Å²) in [5.41, 5.74) is 0.537. The van der Waals surface area contributed by atoms with Gasteiger partial charge in [0.15, 0.2) is 5.89 Å². The van der Waals surface area contributed by atoms with Gasteiger partial charge >= 0.3 is 0 Å². The van der Waals surface area contributed by atoms with Gasteiger partial charge in [0.05, 0.1) is 24.2 Å². The van der Waals surface area contributed by atoms with Crippen molar-refractivity contribution in [2.75, 3.05) is 7.11 Å². The van der Waals surface area contributed by atoms with Gasteiger partial charge in [-0.25, -0.2) is 18.1 Å². The van der Waals surface area contributed by atoms with Crippen molar-refractivity contribution in [2.45, 2.75) is 18.4 Å². The fourth-order valence-electron chi connectivity index (χ4n) is 1.50. The molecule has 2 aromatic rings. The van der Waals surface area contributed by atoms with Crippen LogP contribution in [0.4, 0.5) is 0 Å². The topological polar surface area (TPSA) is 81.4 Å². The van der Waals surface area contributed by atoms with Crippen LogP contribution in [0.5, 0.6) is 5.75 Å². The fourth-order valence-corrected chi connectivity index (χ4v) is 2.50. The SMILES string of the molecule is COc1ccc(S(=O)(=O)NCc2coc(C)n2)cc1. The minimum atomic E-state index is -3.56. The van der Waals surface area contributed by atoms with Crippen LogP contribution < -0.4 is 9.46 Å². The quantitative estimate of drug-likeness (QED) is 0.898. The molecule has 102 valence electrons. The third-order valence-corrected chi connectivity index (χ3v) is 3.90. The average Bonchev–Trinajstić information content (AvgIpc) is 2.82. The van der Waals surface area contributed by atoms with Gasteiger partial charge in [-0.1, -0.05) is 0 Å². The number of hydrogen-bond acceptors (Lipinski definition) is 5. The zero-order chi connectivity index (χ0) is 13.9. The van der Waals surface area contributed by atoms with Gasteiger partial charge in [-0.15, -0.1) is 0 Å². The van der Waals surface area contributed by atoms with Crippen LogP contribution in [0.15, 0.2) is 39.8 Å². The lowest BCUT2D eigenvalue weighted by molar-refractivity contribution is 0.414. The summed E-state index contributed by atoms with van der Waals surface area (Å²) in [5, 5.41) is 0. The molecule has 1 aromatic heterocycles. The van der Waals surface area contributed by atoms with Crippen LogP contribution in [-0.4, -0.2) is 20.5 Å². The molecule has 19 heavy (non-hydrogen) atoms. The zero-order valence-electron chi connectivity index (χ0n) is 10.6. The number of aromatic nitrogens is 1. The van der Waals surface area contributed by atoms with E-state index < -0.39 is 10.0 Å². The highest BCUT2D eigenvalue weighted by Gasteiger charge is 2.14. The van der Waals surface area contributed by atoms with Gasteiger partial charge in [0, 0.05) is 6.92 Å². The van der Waals surface area contributed by atoms with Crippen molar-refractivity contribution in [3.63, 3.8) is 0 Å². The Morgan fingerprint density at radius 1 is 1.32 bits per heavy atom. The van der Waals surface area contributed by atoms with Gasteiger partial charge in [-0.3, -0.25) is 0 Å². The van der Waals surface area contributed by atoms with Crippen LogP contribution in [0, 0.1) is 6.92 Å². The second-order valence-corrected chi connectivity index (χ2v) is 5.62. The highest BCUT2D eigenvalue weighted by Crippen LogP contribution is 2.15. The van der Waals surface area contributed by atoms with Crippen LogP contribution in [-0.2, 0) is 16.6 Å². The molecule has 1 N–H and O–H groups in total. The maximum absolute atomic E-state index is 12.0. The van der Waals surface area contributed by atoms with Crippen LogP contribution in [0.1, 0.15) is 11.6 Å². The summed E-state index contributed by atoms with van der Waals surface area (Å²) >= 11 is 0. The molecule has 0 amide bonds. The van der Waals surface area contributed by atoms with Crippen LogP contribution in [0.3, 0.4) is 0 Å². The third kappa shape index (κ3) is 3.33. The Labute approximate surface area is 111 Å². The number of aryl methyl sites for hydroxylation is 1. The van der Waals surface area contributed by atoms with Crippen molar-refractivity contribution >= 4 is 10.0 Å². The molecule has 0 radical (unpaired) electrons. The van der Waals surface area contributed by atoms with Crippen LogP contribution in [0.25, 0.3) is 0 Å². The Morgan fingerprint density at radius 3 is 2.53 bits per heavy atom. The molecule has 0 aliphatic rings. The predicted octanol–water partition coefficient (Wildman–Crippen LogP) is 1.47. The van der Waals surface area contributed by atoms with E-state index >= 15 is 0 Å². The molecule has 0 saturated heterocycles. The number of sulfonamides is 1.